The number of nitrogens with two attached hydrogens (primary N) is 1. The largest absolute Gasteiger partial charge is 0.371 e. The van der Waals surface area contributed by atoms with Gasteiger partial charge in [0.05, 0.1) is 23.8 Å². The van der Waals surface area contributed by atoms with Gasteiger partial charge in [-0.3, -0.25) is 19.3 Å². The SMILES string of the molecule is CCCC(NC(=O)[C@@H]1C[C@@H](OC(C)(C)C)CN1C[C@@H](NC(=O)N[C@H](CC)C(C)(C)C)C1CCCCC1)C(=O)C(N)=O. The number of amides is 4. The van der Waals surface area contributed by atoms with Gasteiger partial charge in [-0.25, -0.2) is 4.79 Å². The Morgan fingerprint density at radius 1 is 0.951 bits per heavy atom. The monoisotopic (exact) mass is 579 g/mol. The summed E-state index contributed by atoms with van der Waals surface area (Å²) in [6, 6.07) is -1.80. The molecule has 0 radical (unpaired) electrons. The number of ether oxygens (including phenoxy) is 1. The maximum Gasteiger partial charge on any atom is 0.315 e. The van der Waals surface area contributed by atoms with Crippen molar-refractivity contribution in [2.24, 2.45) is 17.1 Å². The van der Waals surface area contributed by atoms with Gasteiger partial charge in [-0.1, -0.05) is 60.3 Å². The van der Waals surface area contributed by atoms with Crippen LogP contribution in [0.25, 0.3) is 0 Å². The van der Waals surface area contributed by atoms with Crippen LogP contribution in [0.1, 0.15) is 113 Å². The molecule has 4 amide bonds. The highest BCUT2D eigenvalue weighted by molar-refractivity contribution is 6.37. The zero-order valence-electron chi connectivity index (χ0n) is 26.8. The molecule has 0 spiro atoms. The van der Waals surface area contributed by atoms with Crippen LogP contribution in [0.5, 0.6) is 0 Å². The minimum absolute atomic E-state index is 0.0303. The molecule has 2 rings (SSSR count). The molecule has 41 heavy (non-hydrogen) atoms. The van der Waals surface area contributed by atoms with Gasteiger partial charge >= 0.3 is 6.03 Å². The number of urea groups is 1. The molecule has 5 atom stereocenters. The lowest BCUT2D eigenvalue weighted by atomic mass is 9.83. The van der Waals surface area contributed by atoms with E-state index in [0.717, 1.165) is 32.1 Å². The number of carbonyl (C=O) groups excluding carboxylic acids is 4. The van der Waals surface area contributed by atoms with E-state index in [2.05, 4.69) is 48.5 Å². The van der Waals surface area contributed by atoms with Crippen LogP contribution in [0.4, 0.5) is 4.79 Å². The highest BCUT2D eigenvalue weighted by Crippen LogP contribution is 2.30. The van der Waals surface area contributed by atoms with Crippen molar-refractivity contribution in [1.82, 2.24) is 20.9 Å². The van der Waals surface area contributed by atoms with Crippen LogP contribution in [0.2, 0.25) is 0 Å². The van der Waals surface area contributed by atoms with Crippen molar-refractivity contribution in [2.75, 3.05) is 13.1 Å². The third kappa shape index (κ3) is 11.2. The standard InChI is InChI=1S/C31H57N5O5/c1-9-14-22(26(37)27(32)38)33-28(39)24-17-21(41-31(6,7)8)18-36(24)19-23(20-15-12-11-13-16-20)34-29(40)35-25(10-2)30(3,4)5/h20-25H,9-19H2,1-8H3,(H2,32,38)(H,33,39)(H2,34,35,40)/t21-,22?,23-,24+,25-/m1/s1. The number of ketones is 1. The van der Waals surface area contributed by atoms with Crippen molar-refractivity contribution in [3.05, 3.63) is 0 Å². The fraction of sp³-hybridized carbons (Fsp3) is 0.871. The number of primary amides is 1. The summed E-state index contributed by atoms with van der Waals surface area (Å²) in [6.45, 7) is 17.3. The Hall–Kier alpha value is -2.20. The zero-order chi connectivity index (χ0) is 31.0. The Morgan fingerprint density at radius 2 is 1.59 bits per heavy atom. The summed E-state index contributed by atoms with van der Waals surface area (Å²) in [5.74, 6) is -1.84. The van der Waals surface area contributed by atoms with Crippen molar-refractivity contribution in [1.29, 1.82) is 0 Å². The molecule has 1 unspecified atom stereocenters. The zero-order valence-corrected chi connectivity index (χ0v) is 26.8. The predicted molar refractivity (Wildman–Crippen MR) is 161 cm³/mol. The summed E-state index contributed by atoms with van der Waals surface area (Å²) in [7, 11) is 0. The van der Waals surface area contributed by atoms with Gasteiger partial charge in [-0.05, 0) is 64.2 Å². The molecule has 5 N–H and O–H groups in total. The highest BCUT2D eigenvalue weighted by atomic mass is 16.5. The second kappa shape index (κ2) is 15.3. The number of likely N-dealkylation sites (tertiary alicyclic amines) is 1. The highest BCUT2D eigenvalue weighted by Gasteiger charge is 2.42. The molecule has 10 heteroatoms. The number of nitrogens with one attached hydrogen (secondary N) is 3. The average Bonchev–Trinajstić information content (AvgIpc) is 3.26. The van der Waals surface area contributed by atoms with E-state index in [0.29, 0.717) is 38.3 Å². The molecule has 2 fully saturated rings. The third-order valence-electron chi connectivity index (χ3n) is 8.37. The summed E-state index contributed by atoms with van der Waals surface area (Å²) in [5, 5.41) is 9.28. The molecular formula is C31H57N5O5. The Morgan fingerprint density at radius 3 is 2.10 bits per heavy atom. The first kappa shape index (κ1) is 35.0. The van der Waals surface area contributed by atoms with Gasteiger partial charge in [-0.2, -0.15) is 0 Å². The molecule has 2 aliphatic rings. The van der Waals surface area contributed by atoms with E-state index in [1.165, 1.54) is 6.42 Å². The quantitative estimate of drug-likeness (QED) is 0.245. The van der Waals surface area contributed by atoms with Gasteiger partial charge in [0.1, 0.15) is 0 Å². The molecule has 0 aromatic rings. The van der Waals surface area contributed by atoms with E-state index < -0.39 is 29.4 Å². The molecule has 0 aromatic carbocycles. The summed E-state index contributed by atoms with van der Waals surface area (Å²) in [6.07, 6.45) is 7.54. The lowest BCUT2D eigenvalue weighted by Crippen LogP contribution is -2.57. The van der Waals surface area contributed by atoms with Gasteiger partial charge in [0.15, 0.2) is 0 Å². The summed E-state index contributed by atoms with van der Waals surface area (Å²) in [4.78, 5) is 53.1. The molecule has 0 bridgehead atoms. The first-order valence-electron chi connectivity index (χ1n) is 15.7. The van der Waals surface area contributed by atoms with E-state index in [-0.39, 0.29) is 35.5 Å². The smallest absolute Gasteiger partial charge is 0.315 e. The first-order valence-corrected chi connectivity index (χ1v) is 15.7. The molecule has 1 saturated carbocycles. The fourth-order valence-corrected chi connectivity index (χ4v) is 6.32. The third-order valence-corrected chi connectivity index (χ3v) is 8.37. The van der Waals surface area contributed by atoms with Crippen molar-refractivity contribution in [3.8, 4) is 0 Å². The van der Waals surface area contributed by atoms with E-state index in [1.54, 1.807) is 0 Å². The molecule has 0 aromatic heterocycles. The number of nitrogens with zero attached hydrogens (tertiary/aromatic N) is 1. The van der Waals surface area contributed by atoms with Crippen LogP contribution in [-0.2, 0) is 19.1 Å². The van der Waals surface area contributed by atoms with Crippen LogP contribution in [0.15, 0.2) is 0 Å². The summed E-state index contributed by atoms with van der Waals surface area (Å²) in [5.41, 5.74) is 4.80. The van der Waals surface area contributed by atoms with Crippen molar-refractivity contribution in [2.45, 2.75) is 149 Å². The summed E-state index contributed by atoms with van der Waals surface area (Å²) < 4.78 is 6.30. The molecule has 1 heterocycles. The predicted octanol–water partition coefficient (Wildman–Crippen LogP) is 3.66. The van der Waals surface area contributed by atoms with E-state index in [4.69, 9.17) is 10.5 Å². The van der Waals surface area contributed by atoms with Crippen LogP contribution >= 0.6 is 0 Å². The Balaban J connectivity index is 2.29. The lowest BCUT2D eigenvalue weighted by molar-refractivity contribution is -0.139. The second-order valence-electron chi connectivity index (χ2n) is 14.1. The minimum Gasteiger partial charge on any atom is -0.371 e. The van der Waals surface area contributed by atoms with Gasteiger partial charge in [0.2, 0.25) is 11.7 Å². The number of rotatable bonds is 13. The van der Waals surface area contributed by atoms with Gasteiger partial charge in [0.25, 0.3) is 5.91 Å². The molecule has 1 saturated heterocycles. The van der Waals surface area contributed by atoms with Gasteiger partial charge in [-0.15, -0.1) is 0 Å². The van der Waals surface area contributed by atoms with Gasteiger partial charge < -0.3 is 26.4 Å². The molecule has 236 valence electrons. The summed E-state index contributed by atoms with van der Waals surface area (Å²) >= 11 is 0. The number of hydrogen-bond donors (Lipinski definition) is 4. The van der Waals surface area contributed by atoms with E-state index >= 15 is 0 Å². The minimum atomic E-state index is -1.05. The van der Waals surface area contributed by atoms with E-state index in [1.807, 2.05) is 27.7 Å². The van der Waals surface area contributed by atoms with Crippen molar-refractivity contribution in [3.63, 3.8) is 0 Å². The topological polar surface area (TPSA) is 143 Å². The Bertz CT molecular complexity index is 890. The molecular weight excluding hydrogens is 522 g/mol. The number of hydrogen-bond acceptors (Lipinski definition) is 6. The molecule has 1 aliphatic carbocycles. The maximum atomic E-state index is 13.6. The first-order chi connectivity index (χ1) is 19.1. The Labute approximate surface area is 247 Å². The van der Waals surface area contributed by atoms with Crippen LogP contribution in [-0.4, -0.2) is 77.5 Å². The second-order valence-corrected chi connectivity index (χ2v) is 14.1. The fourth-order valence-electron chi connectivity index (χ4n) is 6.32. The number of Topliss-reactive ketones (excluding diaryl/α,β-unsaturated/α-hetero) is 1. The van der Waals surface area contributed by atoms with Gasteiger partial charge in [0, 0.05) is 25.2 Å². The normalized spacial score (nSPS) is 22.9. The van der Waals surface area contributed by atoms with Crippen LogP contribution < -0.4 is 21.7 Å². The average molecular weight is 580 g/mol. The lowest BCUT2D eigenvalue weighted by Gasteiger charge is -2.37. The van der Waals surface area contributed by atoms with Crippen molar-refractivity contribution < 1.29 is 23.9 Å². The maximum absolute atomic E-state index is 13.6. The molecule has 1 aliphatic heterocycles. The molecule has 10 nitrogen and oxygen atoms in total. The number of carbonyl (C=O) groups is 4. The Kier molecular flexibility index (Phi) is 13.1. The van der Waals surface area contributed by atoms with Crippen LogP contribution in [0.3, 0.4) is 0 Å². The van der Waals surface area contributed by atoms with E-state index in [9.17, 15) is 19.2 Å². The van der Waals surface area contributed by atoms with Crippen molar-refractivity contribution >= 4 is 23.6 Å². The van der Waals surface area contributed by atoms with Crippen LogP contribution in [0, 0.1) is 11.3 Å².